The molecule has 0 spiro atoms. The van der Waals surface area contributed by atoms with Gasteiger partial charge in [-0.1, -0.05) is 80.6 Å². The predicted octanol–water partition coefficient (Wildman–Crippen LogP) is 2.56. The van der Waals surface area contributed by atoms with Crippen molar-refractivity contribution >= 4 is 29.4 Å². The van der Waals surface area contributed by atoms with Gasteiger partial charge in [0.25, 0.3) is 11.8 Å². The first kappa shape index (κ1) is 29.2. The lowest BCUT2D eigenvalue weighted by Gasteiger charge is -2.41. The second-order valence-corrected chi connectivity index (χ2v) is 10.1. The topological polar surface area (TPSA) is 140 Å². The Morgan fingerprint density at radius 2 is 1.59 bits per heavy atom. The van der Waals surface area contributed by atoms with E-state index in [2.05, 4.69) is 10.3 Å². The summed E-state index contributed by atoms with van der Waals surface area (Å²) in [5.41, 5.74) is 1.82. The third-order valence-electron chi connectivity index (χ3n) is 6.77. The van der Waals surface area contributed by atoms with E-state index in [1.807, 2.05) is 0 Å². The number of aliphatic hydroxyl groups excluding tert-OH is 1. The number of carbonyl (C=O) groups is 4. The molecule has 0 radical (unpaired) electrons. The normalized spacial score (nSPS) is 16.6. The van der Waals surface area contributed by atoms with Crippen LogP contribution in [0.3, 0.4) is 0 Å². The number of pyridine rings is 1. The van der Waals surface area contributed by atoms with Crippen LogP contribution in [0.1, 0.15) is 35.5 Å². The molecule has 0 saturated heterocycles. The van der Waals surface area contributed by atoms with Crippen molar-refractivity contribution in [1.29, 1.82) is 0 Å². The molecule has 2 unspecified atom stereocenters. The number of amides is 3. The maximum atomic E-state index is 14.0. The molecule has 0 aliphatic carbocycles. The summed E-state index contributed by atoms with van der Waals surface area (Å²) in [4.78, 5) is 59.3. The Balaban J connectivity index is 1.67. The summed E-state index contributed by atoms with van der Waals surface area (Å²) in [7, 11) is 0. The van der Waals surface area contributed by atoms with E-state index in [0.29, 0.717) is 11.3 Å². The number of carboxylic acids is 1. The summed E-state index contributed by atoms with van der Waals surface area (Å²) in [5.74, 6) is -3.38. The highest BCUT2D eigenvalue weighted by Gasteiger charge is 2.42. The fourth-order valence-electron chi connectivity index (χ4n) is 4.77. The Hall–Kier alpha value is -4.83. The van der Waals surface area contributed by atoms with Crippen LogP contribution in [-0.4, -0.2) is 73.4 Å². The molecule has 1 aliphatic rings. The van der Waals surface area contributed by atoms with Crippen molar-refractivity contribution < 1.29 is 29.4 Å². The number of carbonyl (C=O) groups excluding carboxylic acids is 3. The molecule has 10 heteroatoms. The molecular formula is C31H32N4O6. The van der Waals surface area contributed by atoms with Crippen molar-refractivity contribution in [1.82, 2.24) is 20.1 Å². The molecule has 1 aromatic heterocycles. The first-order valence-electron chi connectivity index (χ1n) is 13.2. The zero-order valence-electron chi connectivity index (χ0n) is 22.8. The molecule has 3 atom stereocenters. The molecule has 3 amide bonds. The van der Waals surface area contributed by atoms with Gasteiger partial charge in [0.1, 0.15) is 18.3 Å². The van der Waals surface area contributed by atoms with Crippen molar-refractivity contribution in [3.63, 3.8) is 0 Å². The fraction of sp³-hybridized carbons (Fsp3) is 0.258. The van der Waals surface area contributed by atoms with E-state index >= 15 is 0 Å². The van der Waals surface area contributed by atoms with Gasteiger partial charge in [0.15, 0.2) is 6.10 Å². The van der Waals surface area contributed by atoms with Gasteiger partial charge in [-0.15, -0.1) is 0 Å². The number of aliphatic hydroxyl groups is 1. The Kier molecular flexibility index (Phi) is 9.26. The second kappa shape index (κ2) is 13.0. The highest BCUT2D eigenvalue weighted by Crippen LogP contribution is 2.30. The van der Waals surface area contributed by atoms with E-state index < -0.39 is 48.4 Å². The summed E-state index contributed by atoms with van der Waals surface area (Å²) < 4.78 is 0. The zero-order valence-corrected chi connectivity index (χ0v) is 22.8. The molecule has 0 bridgehead atoms. The van der Waals surface area contributed by atoms with Gasteiger partial charge in [-0.3, -0.25) is 29.2 Å². The molecule has 0 fully saturated rings. The number of nitrogens with one attached hydrogen (secondary N) is 1. The number of aromatic nitrogens is 1. The van der Waals surface area contributed by atoms with E-state index in [1.165, 1.54) is 16.0 Å². The molecule has 2 heterocycles. The summed E-state index contributed by atoms with van der Waals surface area (Å²) in [6, 6.07) is 20.6. The van der Waals surface area contributed by atoms with Crippen LogP contribution in [0.25, 0.3) is 5.70 Å². The molecule has 10 nitrogen and oxygen atoms in total. The maximum absolute atomic E-state index is 14.0. The number of aliphatic carboxylic acids is 1. The van der Waals surface area contributed by atoms with Crippen molar-refractivity contribution in [3.05, 3.63) is 108 Å². The molecule has 3 aromatic rings. The minimum atomic E-state index is -1.87. The Morgan fingerprint density at radius 1 is 0.951 bits per heavy atom. The monoisotopic (exact) mass is 556 g/mol. The van der Waals surface area contributed by atoms with Gasteiger partial charge in [-0.25, -0.2) is 4.79 Å². The van der Waals surface area contributed by atoms with Crippen LogP contribution in [0.15, 0.2) is 91.3 Å². The van der Waals surface area contributed by atoms with Crippen molar-refractivity contribution in [2.75, 3.05) is 6.54 Å². The van der Waals surface area contributed by atoms with Crippen LogP contribution in [-0.2, 0) is 20.8 Å². The molecule has 41 heavy (non-hydrogen) atoms. The average molecular weight is 557 g/mol. The molecule has 0 saturated carbocycles. The first-order chi connectivity index (χ1) is 19.7. The molecule has 2 aromatic carbocycles. The molecule has 212 valence electrons. The Labute approximate surface area is 237 Å². The minimum Gasteiger partial charge on any atom is -0.479 e. The standard InChI is InChI=1S/C31H32N4O6/c1-20(2)27-30(39)34(19-26(36)33-24(28(37)31(40)41)17-21-11-5-3-6-12-21)25(22-13-7-4-8-14-22)18-35(27)29(38)23-15-9-10-16-32-23/h3-16,18,20,24,27-28,37H,17,19H2,1-2H3,(H,33,36)(H,40,41)/t24-,27?,28?/m0/s1. The minimum absolute atomic E-state index is 0.0658. The van der Waals surface area contributed by atoms with Crippen molar-refractivity contribution in [2.24, 2.45) is 5.92 Å². The average Bonchev–Trinajstić information content (AvgIpc) is 2.98. The van der Waals surface area contributed by atoms with Crippen LogP contribution < -0.4 is 5.32 Å². The largest absolute Gasteiger partial charge is 0.479 e. The van der Waals surface area contributed by atoms with Gasteiger partial charge >= 0.3 is 5.97 Å². The van der Waals surface area contributed by atoms with Crippen LogP contribution in [0, 0.1) is 5.92 Å². The molecular weight excluding hydrogens is 524 g/mol. The number of nitrogens with zero attached hydrogens (tertiary/aromatic N) is 3. The van der Waals surface area contributed by atoms with E-state index in [0.717, 1.165) is 5.56 Å². The van der Waals surface area contributed by atoms with Gasteiger partial charge < -0.3 is 15.5 Å². The predicted molar refractivity (Wildman–Crippen MR) is 151 cm³/mol. The van der Waals surface area contributed by atoms with Crippen LogP contribution in [0.5, 0.6) is 0 Å². The quantitative estimate of drug-likeness (QED) is 0.349. The van der Waals surface area contributed by atoms with Crippen LogP contribution in [0.2, 0.25) is 0 Å². The van der Waals surface area contributed by atoms with Gasteiger partial charge in [-0.05, 0) is 35.6 Å². The highest BCUT2D eigenvalue weighted by atomic mass is 16.4. The SMILES string of the molecule is CC(C)C1C(=O)N(CC(=O)N[C@@H](Cc2ccccc2)C(O)C(=O)O)C(c2ccccc2)=CN1C(=O)c1ccccn1. The number of carboxylic acid groups (broad SMARTS) is 1. The number of hydrogen-bond donors (Lipinski definition) is 3. The second-order valence-electron chi connectivity index (χ2n) is 10.1. The summed E-state index contributed by atoms with van der Waals surface area (Å²) in [5, 5.41) is 22.4. The number of hydrogen-bond acceptors (Lipinski definition) is 6. The van der Waals surface area contributed by atoms with Crippen LogP contribution in [0.4, 0.5) is 0 Å². The zero-order chi connectivity index (χ0) is 29.5. The van der Waals surface area contributed by atoms with Gasteiger partial charge in [0, 0.05) is 12.4 Å². The summed E-state index contributed by atoms with van der Waals surface area (Å²) in [6.45, 7) is 3.16. The lowest BCUT2D eigenvalue weighted by Crippen LogP contribution is -2.57. The number of rotatable bonds is 10. The van der Waals surface area contributed by atoms with Crippen molar-refractivity contribution in [3.8, 4) is 0 Å². The molecule has 3 N–H and O–H groups in total. The fourth-order valence-corrected chi connectivity index (χ4v) is 4.77. The van der Waals surface area contributed by atoms with E-state index in [1.54, 1.807) is 98.9 Å². The first-order valence-corrected chi connectivity index (χ1v) is 13.2. The third kappa shape index (κ3) is 6.85. The van der Waals surface area contributed by atoms with Gasteiger partial charge in [-0.2, -0.15) is 0 Å². The highest BCUT2D eigenvalue weighted by molar-refractivity contribution is 6.03. The lowest BCUT2D eigenvalue weighted by atomic mass is 9.96. The van der Waals surface area contributed by atoms with Crippen LogP contribution >= 0.6 is 0 Å². The molecule has 4 rings (SSSR count). The van der Waals surface area contributed by atoms with Gasteiger partial charge in [0.05, 0.1) is 11.7 Å². The van der Waals surface area contributed by atoms with Gasteiger partial charge in [0.2, 0.25) is 5.91 Å². The molecule has 1 aliphatic heterocycles. The van der Waals surface area contributed by atoms with Crippen molar-refractivity contribution in [2.45, 2.75) is 38.5 Å². The number of benzene rings is 2. The summed E-state index contributed by atoms with van der Waals surface area (Å²) in [6.07, 6.45) is 1.25. The Bertz CT molecular complexity index is 1410. The third-order valence-corrected chi connectivity index (χ3v) is 6.77. The Morgan fingerprint density at radius 3 is 2.17 bits per heavy atom. The smallest absolute Gasteiger partial charge is 0.334 e. The van der Waals surface area contributed by atoms with E-state index in [-0.39, 0.29) is 18.0 Å². The maximum Gasteiger partial charge on any atom is 0.334 e. The lowest BCUT2D eigenvalue weighted by molar-refractivity contribution is -0.149. The van der Waals surface area contributed by atoms with E-state index in [9.17, 15) is 29.4 Å². The van der Waals surface area contributed by atoms with E-state index in [4.69, 9.17) is 0 Å². The summed E-state index contributed by atoms with van der Waals surface area (Å²) >= 11 is 0.